The minimum absolute atomic E-state index is 0.0982. The summed E-state index contributed by atoms with van der Waals surface area (Å²) in [4.78, 5) is 34.5. The van der Waals surface area contributed by atoms with Gasteiger partial charge in [0.25, 0.3) is 0 Å². The van der Waals surface area contributed by atoms with Crippen molar-refractivity contribution < 1.29 is 24.2 Å². The number of carboxylic acid groups (broad SMARTS) is 1. The molecule has 0 unspecified atom stereocenters. The zero-order valence-corrected chi connectivity index (χ0v) is 21.4. The molecule has 1 aromatic heterocycles. The van der Waals surface area contributed by atoms with Gasteiger partial charge in [-0.2, -0.15) is 0 Å². The zero-order valence-electron chi connectivity index (χ0n) is 21.4. The van der Waals surface area contributed by atoms with Gasteiger partial charge in [-0.05, 0) is 55.7 Å². The Hall–Kier alpha value is -4.56. The van der Waals surface area contributed by atoms with Gasteiger partial charge in [0.15, 0.2) is 5.60 Å². The normalized spacial score (nSPS) is 12.0. The average Bonchev–Trinajstić information content (AvgIpc) is 2.89. The summed E-state index contributed by atoms with van der Waals surface area (Å²) in [7, 11) is 0. The Balaban J connectivity index is 1.80. The predicted octanol–water partition coefficient (Wildman–Crippen LogP) is 4.83. The van der Waals surface area contributed by atoms with Crippen molar-refractivity contribution in [1.29, 1.82) is 0 Å². The number of anilines is 1. The first-order valence-corrected chi connectivity index (χ1v) is 12.1. The fourth-order valence-electron chi connectivity index (χ4n) is 4.34. The van der Waals surface area contributed by atoms with E-state index in [1.165, 1.54) is 0 Å². The van der Waals surface area contributed by atoms with Crippen LogP contribution in [0.15, 0.2) is 91.0 Å². The third-order valence-corrected chi connectivity index (χ3v) is 5.92. The summed E-state index contributed by atoms with van der Waals surface area (Å²) in [5, 5.41) is 13.3. The van der Waals surface area contributed by atoms with E-state index in [-0.39, 0.29) is 6.01 Å². The molecule has 8 nitrogen and oxygen atoms in total. The molecule has 8 heteroatoms. The van der Waals surface area contributed by atoms with Gasteiger partial charge in [0.1, 0.15) is 6.61 Å². The summed E-state index contributed by atoms with van der Waals surface area (Å²) in [5.41, 5.74) is 2.11. The quantitative estimate of drug-likeness (QED) is 0.314. The van der Waals surface area contributed by atoms with E-state index >= 15 is 0 Å². The number of nitrogens with one attached hydrogen (secondary N) is 1. The molecule has 0 radical (unpaired) electrons. The Kier molecular flexibility index (Phi) is 8.13. The van der Waals surface area contributed by atoms with Crippen LogP contribution >= 0.6 is 0 Å². The van der Waals surface area contributed by atoms with Crippen LogP contribution in [0, 0.1) is 20.8 Å². The maximum Gasteiger partial charge on any atom is 0.348 e. The van der Waals surface area contributed by atoms with Crippen LogP contribution in [0.25, 0.3) is 0 Å². The first-order valence-electron chi connectivity index (χ1n) is 12.1. The van der Waals surface area contributed by atoms with Crippen molar-refractivity contribution in [3.63, 3.8) is 0 Å². The molecule has 4 rings (SSSR count). The number of aliphatic carboxylic acids is 1. The van der Waals surface area contributed by atoms with E-state index in [1.807, 2.05) is 37.3 Å². The fraction of sp³-hybridized carbons (Fsp3) is 0.200. The molecule has 4 aromatic rings. The van der Waals surface area contributed by atoms with Crippen LogP contribution in [0.5, 0.6) is 6.01 Å². The third kappa shape index (κ3) is 6.04. The molecule has 0 saturated heterocycles. The molecule has 3 aromatic carbocycles. The van der Waals surface area contributed by atoms with Crippen LogP contribution < -0.4 is 10.1 Å². The van der Waals surface area contributed by atoms with E-state index < -0.39 is 30.2 Å². The van der Waals surface area contributed by atoms with E-state index in [1.54, 1.807) is 74.5 Å². The van der Waals surface area contributed by atoms with E-state index in [0.29, 0.717) is 28.2 Å². The number of aromatic nitrogens is 2. The van der Waals surface area contributed by atoms with E-state index in [9.17, 15) is 14.7 Å². The van der Waals surface area contributed by atoms with Crippen molar-refractivity contribution in [2.24, 2.45) is 0 Å². The van der Waals surface area contributed by atoms with Gasteiger partial charge >= 0.3 is 12.0 Å². The number of carbonyl (C=O) groups is 2. The van der Waals surface area contributed by atoms with Gasteiger partial charge in [-0.15, -0.1) is 0 Å². The van der Waals surface area contributed by atoms with Crippen molar-refractivity contribution in [1.82, 2.24) is 9.97 Å². The number of carbonyl (C=O) groups excluding carboxylic acids is 1. The zero-order chi connectivity index (χ0) is 27.1. The molecule has 0 aliphatic carbocycles. The lowest BCUT2D eigenvalue weighted by Crippen LogP contribution is -2.52. The fourth-order valence-corrected chi connectivity index (χ4v) is 4.34. The average molecular weight is 512 g/mol. The Morgan fingerprint density at radius 3 is 1.95 bits per heavy atom. The molecule has 2 N–H and O–H groups in total. The SMILES string of the molecule is Cc1cccc(NC(=O)COC(c2ccccc2)(c2ccccc2)[C@H](Oc2nc(C)cc(C)n2)C(=O)O)c1. The number of benzene rings is 3. The number of aryl methyl sites for hydroxylation is 3. The van der Waals surface area contributed by atoms with Gasteiger partial charge in [-0.1, -0.05) is 72.8 Å². The van der Waals surface area contributed by atoms with Crippen LogP contribution in [0.2, 0.25) is 0 Å². The molecule has 0 saturated carbocycles. The minimum atomic E-state index is -1.72. The monoisotopic (exact) mass is 511 g/mol. The third-order valence-electron chi connectivity index (χ3n) is 5.92. The van der Waals surface area contributed by atoms with Gasteiger partial charge in [-0.25, -0.2) is 14.8 Å². The summed E-state index contributed by atoms with van der Waals surface area (Å²) >= 11 is 0. The smallest absolute Gasteiger partial charge is 0.348 e. The van der Waals surface area contributed by atoms with Crippen molar-refractivity contribution >= 4 is 17.6 Å². The molecule has 1 heterocycles. The van der Waals surface area contributed by atoms with Gasteiger partial charge in [0.2, 0.25) is 12.0 Å². The number of amides is 1. The highest BCUT2D eigenvalue weighted by Gasteiger charge is 2.50. The summed E-state index contributed by atoms with van der Waals surface area (Å²) in [6, 6.07) is 26.7. The molecule has 38 heavy (non-hydrogen) atoms. The van der Waals surface area contributed by atoms with Gasteiger partial charge in [0, 0.05) is 17.1 Å². The molecular formula is C30H29N3O5. The number of carboxylic acids is 1. The van der Waals surface area contributed by atoms with Gasteiger partial charge in [-0.3, -0.25) is 4.79 Å². The van der Waals surface area contributed by atoms with Gasteiger partial charge in [0.05, 0.1) is 0 Å². The summed E-state index contributed by atoms with van der Waals surface area (Å²) in [5.74, 6) is -1.75. The van der Waals surface area contributed by atoms with E-state index in [2.05, 4.69) is 15.3 Å². The Morgan fingerprint density at radius 1 is 0.842 bits per heavy atom. The molecule has 194 valence electrons. The van der Waals surface area contributed by atoms with Crippen molar-refractivity contribution in [2.45, 2.75) is 32.5 Å². The van der Waals surface area contributed by atoms with Crippen LogP contribution in [-0.2, 0) is 19.9 Å². The Bertz CT molecular complexity index is 1350. The first-order chi connectivity index (χ1) is 18.3. The molecule has 1 amide bonds. The number of ether oxygens (including phenoxy) is 2. The molecule has 0 spiro atoms. The maximum absolute atomic E-state index is 13.0. The van der Waals surface area contributed by atoms with Crippen molar-refractivity contribution in [2.75, 3.05) is 11.9 Å². The van der Waals surface area contributed by atoms with Crippen LogP contribution in [0.1, 0.15) is 28.1 Å². The molecular weight excluding hydrogens is 482 g/mol. The number of hydrogen-bond acceptors (Lipinski definition) is 6. The lowest BCUT2D eigenvalue weighted by molar-refractivity contribution is -0.166. The lowest BCUT2D eigenvalue weighted by atomic mass is 9.81. The predicted molar refractivity (Wildman–Crippen MR) is 143 cm³/mol. The summed E-state index contributed by atoms with van der Waals surface area (Å²) < 4.78 is 12.3. The highest BCUT2D eigenvalue weighted by molar-refractivity contribution is 5.91. The second kappa shape index (κ2) is 11.7. The van der Waals surface area contributed by atoms with E-state index in [4.69, 9.17) is 9.47 Å². The summed E-state index contributed by atoms with van der Waals surface area (Å²) in [6.07, 6.45) is -1.64. The molecule has 0 aliphatic rings. The lowest BCUT2D eigenvalue weighted by Gasteiger charge is -2.38. The second-order valence-corrected chi connectivity index (χ2v) is 8.94. The minimum Gasteiger partial charge on any atom is -0.478 e. The van der Waals surface area contributed by atoms with Crippen LogP contribution in [0.4, 0.5) is 5.69 Å². The first kappa shape index (κ1) is 26.5. The van der Waals surface area contributed by atoms with Crippen molar-refractivity contribution in [3.05, 3.63) is 119 Å². The Labute approximate surface area is 221 Å². The topological polar surface area (TPSA) is 111 Å². The maximum atomic E-state index is 13.0. The van der Waals surface area contributed by atoms with Crippen LogP contribution in [0.3, 0.4) is 0 Å². The number of nitrogens with zero attached hydrogens (tertiary/aromatic N) is 2. The molecule has 0 fully saturated rings. The summed E-state index contributed by atoms with van der Waals surface area (Å²) in [6.45, 7) is 5.01. The highest BCUT2D eigenvalue weighted by Crippen LogP contribution is 2.39. The van der Waals surface area contributed by atoms with E-state index in [0.717, 1.165) is 5.56 Å². The largest absolute Gasteiger partial charge is 0.478 e. The van der Waals surface area contributed by atoms with Crippen molar-refractivity contribution in [3.8, 4) is 6.01 Å². The molecule has 1 atom stereocenters. The van der Waals surface area contributed by atoms with Crippen LogP contribution in [-0.4, -0.2) is 39.7 Å². The van der Waals surface area contributed by atoms with Gasteiger partial charge < -0.3 is 19.9 Å². The number of hydrogen-bond donors (Lipinski definition) is 2. The Morgan fingerprint density at radius 2 is 1.42 bits per heavy atom. The molecule has 0 bridgehead atoms. The molecule has 0 aliphatic heterocycles. The standard InChI is InChI=1S/C30H29N3O5/c1-20-11-10-16-25(17-20)33-26(34)19-37-30(23-12-6-4-7-13-23,24-14-8-5-9-15-24)27(28(35)36)38-29-31-21(2)18-22(3)32-29/h4-18,27H,19H2,1-3H3,(H,33,34)(H,35,36)/t27-/m1/s1. The number of rotatable bonds is 10. The second-order valence-electron chi connectivity index (χ2n) is 8.94. The highest BCUT2D eigenvalue weighted by atomic mass is 16.6.